The number of hydrogen-bond acceptors (Lipinski definition) is 2. The molecule has 1 heterocycles. The van der Waals surface area contributed by atoms with Gasteiger partial charge in [0.05, 0.1) is 12.6 Å². The maximum absolute atomic E-state index is 10.7. The van der Waals surface area contributed by atoms with Gasteiger partial charge in [0.2, 0.25) is 0 Å². The first-order valence-corrected chi connectivity index (χ1v) is 9.41. The Hall–Kier alpha value is -2.85. The van der Waals surface area contributed by atoms with Gasteiger partial charge in [-0.3, -0.25) is 0 Å². The van der Waals surface area contributed by atoms with Gasteiger partial charge < -0.3 is 15.7 Å². The molecule has 1 fully saturated rings. The van der Waals surface area contributed by atoms with Crippen LogP contribution in [-0.4, -0.2) is 23.1 Å². The lowest BCUT2D eigenvalue weighted by Gasteiger charge is -2.21. The van der Waals surface area contributed by atoms with E-state index in [4.69, 9.17) is 4.99 Å². The molecule has 4 nitrogen and oxygen atoms in total. The number of aliphatic imine (C=N–C) groups is 1. The van der Waals surface area contributed by atoms with Crippen LogP contribution in [0.3, 0.4) is 0 Å². The van der Waals surface area contributed by atoms with E-state index >= 15 is 0 Å². The zero-order valence-corrected chi connectivity index (χ0v) is 15.7. The summed E-state index contributed by atoms with van der Waals surface area (Å²) in [6.07, 6.45) is -0.582. The predicted octanol–water partition coefficient (Wildman–Crippen LogP) is 3.69. The quantitative estimate of drug-likeness (QED) is 0.666. The number of fused-ring (bicyclic) bond motifs is 1. The Morgan fingerprint density at radius 2 is 1.63 bits per heavy atom. The van der Waals surface area contributed by atoms with Gasteiger partial charge in [0.15, 0.2) is 5.96 Å². The number of benzene rings is 3. The van der Waals surface area contributed by atoms with E-state index < -0.39 is 6.10 Å². The average Bonchev–Trinajstić information content (AvgIpc) is 3.08. The topological polar surface area (TPSA) is 56.7 Å². The second kappa shape index (κ2) is 7.41. The van der Waals surface area contributed by atoms with Crippen LogP contribution in [0.5, 0.6) is 0 Å². The number of nitrogens with one attached hydrogen (secondary N) is 2. The number of aliphatic hydroxyl groups is 1. The molecule has 0 bridgehead atoms. The normalized spacial score (nSPS) is 21.8. The van der Waals surface area contributed by atoms with Gasteiger partial charge in [-0.15, -0.1) is 0 Å². The highest BCUT2D eigenvalue weighted by molar-refractivity contribution is 5.89. The second-order valence-electron chi connectivity index (χ2n) is 7.21. The van der Waals surface area contributed by atoms with Crippen molar-refractivity contribution in [2.75, 3.05) is 0 Å². The molecule has 0 spiro atoms. The molecule has 1 aliphatic rings. The molecule has 3 atom stereocenters. The third kappa shape index (κ3) is 3.53. The Bertz CT molecular complexity index is 968. The van der Waals surface area contributed by atoms with Crippen LogP contribution in [0.25, 0.3) is 10.8 Å². The molecule has 138 valence electrons. The Labute approximate surface area is 160 Å². The van der Waals surface area contributed by atoms with E-state index in [1.807, 2.05) is 30.3 Å². The van der Waals surface area contributed by atoms with Crippen LogP contribution >= 0.6 is 0 Å². The smallest absolute Gasteiger partial charge is 0.192 e. The Morgan fingerprint density at radius 1 is 0.926 bits per heavy atom. The molecule has 3 aromatic carbocycles. The zero-order valence-electron chi connectivity index (χ0n) is 15.7. The van der Waals surface area contributed by atoms with Gasteiger partial charge >= 0.3 is 0 Å². The molecular formula is C23H25N3O. The summed E-state index contributed by atoms with van der Waals surface area (Å²) in [6.45, 7) is 4.79. The second-order valence-corrected chi connectivity index (χ2v) is 7.21. The highest BCUT2D eigenvalue weighted by Gasteiger charge is 2.33. The maximum Gasteiger partial charge on any atom is 0.192 e. The molecule has 0 radical (unpaired) electrons. The summed E-state index contributed by atoms with van der Waals surface area (Å²) in [5, 5.41) is 19.9. The lowest BCUT2D eigenvalue weighted by atomic mass is 9.98. The van der Waals surface area contributed by atoms with Crippen LogP contribution in [0, 0.1) is 6.92 Å². The fourth-order valence-corrected chi connectivity index (χ4v) is 3.75. The fraction of sp³-hybridized carbons (Fsp3) is 0.261. The first kappa shape index (κ1) is 17.6. The molecule has 0 saturated carbocycles. The molecule has 3 aromatic rings. The minimum Gasteiger partial charge on any atom is -0.386 e. The van der Waals surface area contributed by atoms with Crippen LogP contribution in [0.4, 0.5) is 0 Å². The Morgan fingerprint density at radius 3 is 2.41 bits per heavy atom. The van der Waals surface area contributed by atoms with E-state index in [2.05, 4.69) is 60.9 Å². The van der Waals surface area contributed by atoms with Crippen molar-refractivity contribution < 1.29 is 5.11 Å². The third-order valence-electron chi connectivity index (χ3n) is 5.33. The van der Waals surface area contributed by atoms with Crippen molar-refractivity contribution in [3.63, 3.8) is 0 Å². The van der Waals surface area contributed by atoms with Crippen LogP contribution in [0.1, 0.15) is 29.7 Å². The maximum atomic E-state index is 10.7. The number of rotatable bonds is 4. The highest BCUT2D eigenvalue weighted by Crippen LogP contribution is 2.24. The summed E-state index contributed by atoms with van der Waals surface area (Å²) in [6, 6.07) is 22.5. The first-order valence-electron chi connectivity index (χ1n) is 9.41. The van der Waals surface area contributed by atoms with Crippen molar-refractivity contribution >= 4 is 16.7 Å². The Kier molecular flexibility index (Phi) is 4.82. The molecule has 4 rings (SSSR count). The lowest BCUT2D eigenvalue weighted by molar-refractivity contribution is 0.132. The van der Waals surface area contributed by atoms with Gasteiger partial charge in [-0.25, -0.2) is 4.99 Å². The van der Waals surface area contributed by atoms with Crippen molar-refractivity contribution in [2.24, 2.45) is 4.99 Å². The summed E-state index contributed by atoms with van der Waals surface area (Å²) < 4.78 is 0. The summed E-state index contributed by atoms with van der Waals surface area (Å²) in [5.74, 6) is 0.743. The zero-order chi connectivity index (χ0) is 18.8. The summed E-state index contributed by atoms with van der Waals surface area (Å²) >= 11 is 0. The minimum absolute atomic E-state index is 0.0914. The molecule has 1 aliphatic heterocycles. The van der Waals surface area contributed by atoms with E-state index in [1.54, 1.807) is 0 Å². The molecule has 4 heteroatoms. The van der Waals surface area contributed by atoms with Crippen molar-refractivity contribution in [3.8, 4) is 0 Å². The number of aliphatic hydroxyl groups excluding tert-OH is 1. The fourth-order valence-electron chi connectivity index (χ4n) is 3.75. The van der Waals surface area contributed by atoms with Crippen LogP contribution in [0.15, 0.2) is 71.7 Å². The summed E-state index contributed by atoms with van der Waals surface area (Å²) in [4.78, 5) is 4.73. The number of aryl methyl sites for hydroxylation is 1. The highest BCUT2D eigenvalue weighted by atomic mass is 16.3. The Balaban J connectivity index is 1.52. The number of nitrogens with zero attached hydrogens (tertiary/aromatic N) is 1. The minimum atomic E-state index is -0.582. The largest absolute Gasteiger partial charge is 0.386 e. The molecule has 1 saturated heterocycles. The van der Waals surface area contributed by atoms with E-state index in [1.165, 1.54) is 21.9 Å². The molecule has 27 heavy (non-hydrogen) atoms. The molecule has 0 amide bonds. The van der Waals surface area contributed by atoms with Crippen LogP contribution in [0.2, 0.25) is 0 Å². The van der Waals surface area contributed by atoms with Crippen molar-refractivity contribution in [1.82, 2.24) is 10.6 Å². The van der Waals surface area contributed by atoms with E-state index in [0.717, 1.165) is 11.5 Å². The molecule has 3 unspecified atom stereocenters. The van der Waals surface area contributed by atoms with Gasteiger partial charge in [0.25, 0.3) is 0 Å². The van der Waals surface area contributed by atoms with Gasteiger partial charge in [-0.2, -0.15) is 0 Å². The number of guanidine groups is 1. The van der Waals surface area contributed by atoms with Gasteiger partial charge in [-0.05, 0) is 41.3 Å². The van der Waals surface area contributed by atoms with Crippen molar-refractivity contribution in [3.05, 3.63) is 83.4 Å². The SMILES string of the molecule is Cc1ccc(CN=C2NC(C)C(C(O)c3ccccc3)N2)c2ccccc12. The van der Waals surface area contributed by atoms with Crippen LogP contribution < -0.4 is 10.6 Å². The number of hydrogen-bond donors (Lipinski definition) is 3. The van der Waals surface area contributed by atoms with Gasteiger partial charge in [-0.1, -0.05) is 66.7 Å². The van der Waals surface area contributed by atoms with Crippen molar-refractivity contribution in [2.45, 2.75) is 38.6 Å². The molecule has 3 N–H and O–H groups in total. The lowest BCUT2D eigenvalue weighted by Crippen LogP contribution is -2.37. The molecular weight excluding hydrogens is 334 g/mol. The van der Waals surface area contributed by atoms with E-state index in [9.17, 15) is 5.11 Å². The standard InChI is InChI=1S/C23H25N3O/c1-15-12-13-18(20-11-7-6-10-19(15)20)14-24-23-25-16(2)21(26-23)22(27)17-8-4-3-5-9-17/h3-13,16,21-22,27H,14H2,1-2H3,(H2,24,25,26). The average molecular weight is 359 g/mol. The third-order valence-corrected chi connectivity index (χ3v) is 5.33. The van der Waals surface area contributed by atoms with Gasteiger partial charge in [0, 0.05) is 6.04 Å². The van der Waals surface area contributed by atoms with E-state index in [0.29, 0.717) is 6.54 Å². The van der Waals surface area contributed by atoms with E-state index in [-0.39, 0.29) is 12.1 Å². The van der Waals surface area contributed by atoms with Crippen LogP contribution in [-0.2, 0) is 6.54 Å². The molecule has 0 aliphatic carbocycles. The van der Waals surface area contributed by atoms with Gasteiger partial charge in [0.1, 0.15) is 6.10 Å². The first-order chi connectivity index (χ1) is 13.1. The van der Waals surface area contributed by atoms with Crippen molar-refractivity contribution in [1.29, 1.82) is 0 Å². The summed E-state index contributed by atoms with van der Waals surface area (Å²) in [7, 11) is 0. The molecule has 0 aromatic heterocycles. The predicted molar refractivity (Wildman–Crippen MR) is 111 cm³/mol. The summed E-state index contributed by atoms with van der Waals surface area (Å²) in [5.41, 5.74) is 3.39. The monoisotopic (exact) mass is 359 g/mol.